The van der Waals surface area contributed by atoms with Crippen LogP contribution in [0.1, 0.15) is 81.0 Å². The van der Waals surface area contributed by atoms with E-state index < -0.39 is 27.4 Å². The fourth-order valence-electron chi connectivity index (χ4n) is 6.02. The molecule has 7 nitrogen and oxygen atoms in total. The SMILES string of the molecule is CC(C)(C)NS(=O)(=O)c1ccc(-c2sc(C(=O)NC3CC(C(=O)O)C3)c(Cl)c2CC2CCCCC2)c2ccccc12. The molecule has 1 heterocycles. The molecule has 2 aliphatic rings. The van der Waals surface area contributed by atoms with Gasteiger partial charge < -0.3 is 10.4 Å². The zero-order valence-corrected chi connectivity index (χ0v) is 26.0. The topological polar surface area (TPSA) is 113 Å². The number of rotatable bonds is 8. The number of hydrogen-bond donors (Lipinski definition) is 3. The molecular weight excluding hydrogens is 580 g/mol. The number of hydrogen-bond acceptors (Lipinski definition) is 5. The van der Waals surface area contributed by atoms with Gasteiger partial charge in [0.2, 0.25) is 10.0 Å². The Morgan fingerprint density at radius 2 is 1.68 bits per heavy atom. The molecule has 220 valence electrons. The molecule has 3 N–H and O–H groups in total. The van der Waals surface area contributed by atoms with E-state index >= 15 is 0 Å². The minimum Gasteiger partial charge on any atom is -0.481 e. The molecule has 2 fully saturated rings. The van der Waals surface area contributed by atoms with Crippen LogP contribution in [-0.2, 0) is 21.2 Å². The van der Waals surface area contributed by atoms with Crippen molar-refractivity contribution >= 4 is 55.6 Å². The summed E-state index contributed by atoms with van der Waals surface area (Å²) >= 11 is 8.33. The average Bonchev–Trinajstić information content (AvgIpc) is 3.19. The summed E-state index contributed by atoms with van der Waals surface area (Å²) in [6.45, 7) is 5.43. The second kappa shape index (κ2) is 11.7. The Labute approximate surface area is 250 Å². The average molecular weight is 617 g/mol. The standard InChI is InChI=1S/C31H37ClN2O5S2/c1-31(2,3)34-41(38,39)25-14-13-23(21-11-7-8-12-22(21)25)27-24(15-18-9-5-4-6-10-18)26(32)28(40-27)29(35)33-20-16-19(17-20)30(36)37/h7-8,11-14,18-20,34H,4-6,9-10,15-17H2,1-3H3,(H,33,35)(H,36,37). The number of carbonyl (C=O) groups excluding carboxylic acids is 1. The highest BCUT2D eigenvalue weighted by molar-refractivity contribution is 7.89. The molecule has 0 saturated heterocycles. The lowest BCUT2D eigenvalue weighted by Gasteiger charge is -2.32. The van der Waals surface area contributed by atoms with Crippen molar-refractivity contribution in [2.24, 2.45) is 11.8 Å². The highest BCUT2D eigenvalue weighted by atomic mass is 35.5. The summed E-state index contributed by atoms with van der Waals surface area (Å²) in [7, 11) is -3.79. The lowest BCUT2D eigenvalue weighted by Crippen LogP contribution is -2.46. The maximum absolute atomic E-state index is 13.4. The van der Waals surface area contributed by atoms with Gasteiger partial charge in [0.15, 0.2) is 0 Å². The molecule has 0 bridgehead atoms. The van der Waals surface area contributed by atoms with Crippen LogP contribution in [0.3, 0.4) is 0 Å². The molecule has 5 rings (SSSR count). The van der Waals surface area contributed by atoms with E-state index in [1.807, 2.05) is 51.1 Å². The first-order chi connectivity index (χ1) is 19.3. The van der Waals surface area contributed by atoms with Gasteiger partial charge in [0.1, 0.15) is 4.88 Å². The molecule has 1 aromatic heterocycles. The Morgan fingerprint density at radius 3 is 2.32 bits per heavy atom. The van der Waals surface area contributed by atoms with E-state index in [4.69, 9.17) is 11.6 Å². The van der Waals surface area contributed by atoms with Crippen LogP contribution < -0.4 is 10.0 Å². The summed E-state index contributed by atoms with van der Waals surface area (Å²) in [4.78, 5) is 26.1. The third-order valence-electron chi connectivity index (χ3n) is 8.05. The lowest BCUT2D eigenvalue weighted by atomic mass is 9.80. The van der Waals surface area contributed by atoms with E-state index in [1.165, 1.54) is 30.6 Å². The normalized spacial score (nSPS) is 20.1. The molecule has 41 heavy (non-hydrogen) atoms. The molecule has 3 aromatic rings. The Morgan fingerprint density at radius 1 is 1.02 bits per heavy atom. The van der Waals surface area contributed by atoms with Gasteiger partial charge in [0.05, 0.1) is 15.8 Å². The third kappa shape index (κ3) is 6.48. The van der Waals surface area contributed by atoms with Gasteiger partial charge in [-0.05, 0) is 68.5 Å². The van der Waals surface area contributed by atoms with Crippen LogP contribution in [0.15, 0.2) is 41.3 Å². The predicted molar refractivity (Wildman–Crippen MR) is 164 cm³/mol. The summed E-state index contributed by atoms with van der Waals surface area (Å²) in [5, 5.41) is 14.0. The largest absolute Gasteiger partial charge is 0.481 e. The van der Waals surface area contributed by atoms with E-state index in [0.717, 1.165) is 40.7 Å². The fraction of sp³-hybridized carbons (Fsp3) is 0.484. The van der Waals surface area contributed by atoms with Crippen molar-refractivity contribution in [1.29, 1.82) is 0 Å². The second-order valence-electron chi connectivity index (χ2n) is 12.5. The fourth-order valence-corrected chi connectivity index (χ4v) is 9.25. The molecule has 0 radical (unpaired) electrons. The maximum Gasteiger partial charge on any atom is 0.306 e. The quantitative estimate of drug-likeness (QED) is 0.252. The van der Waals surface area contributed by atoms with Gasteiger partial charge in [-0.15, -0.1) is 11.3 Å². The van der Waals surface area contributed by atoms with E-state index in [-0.39, 0.29) is 16.8 Å². The number of carboxylic acids is 1. The Kier molecular flexibility index (Phi) is 8.54. The van der Waals surface area contributed by atoms with Gasteiger partial charge in [0.25, 0.3) is 5.91 Å². The molecule has 10 heteroatoms. The highest BCUT2D eigenvalue weighted by Gasteiger charge is 2.36. The Bertz CT molecular complexity index is 1580. The van der Waals surface area contributed by atoms with Crippen molar-refractivity contribution in [3.63, 3.8) is 0 Å². The van der Waals surface area contributed by atoms with Crippen LogP contribution in [0.2, 0.25) is 5.02 Å². The molecule has 1 amide bonds. The highest BCUT2D eigenvalue weighted by Crippen LogP contribution is 2.45. The molecular formula is C31H37ClN2O5S2. The number of halogens is 1. The van der Waals surface area contributed by atoms with Gasteiger partial charge >= 0.3 is 5.97 Å². The van der Waals surface area contributed by atoms with Crippen molar-refractivity contribution in [3.8, 4) is 10.4 Å². The number of aliphatic carboxylic acids is 1. The summed E-state index contributed by atoms with van der Waals surface area (Å²) in [6.07, 6.45) is 7.39. The minimum atomic E-state index is -3.79. The van der Waals surface area contributed by atoms with Gasteiger partial charge in [-0.3, -0.25) is 9.59 Å². The number of thiophene rings is 1. The number of benzene rings is 2. The Balaban J connectivity index is 1.57. The van der Waals surface area contributed by atoms with Crippen molar-refractivity contribution < 1.29 is 23.1 Å². The first-order valence-corrected chi connectivity index (χ1v) is 16.9. The first kappa shape index (κ1) is 30.0. The van der Waals surface area contributed by atoms with Crippen LogP contribution in [0.4, 0.5) is 0 Å². The van der Waals surface area contributed by atoms with Gasteiger partial charge in [-0.25, -0.2) is 13.1 Å². The summed E-state index contributed by atoms with van der Waals surface area (Å²) < 4.78 is 29.5. The second-order valence-corrected chi connectivity index (χ2v) is 15.5. The van der Waals surface area contributed by atoms with Crippen LogP contribution in [0.5, 0.6) is 0 Å². The number of sulfonamides is 1. The predicted octanol–water partition coefficient (Wildman–Crippen LogP) is 7.01. The van der Waals surface area contributed by atoms with Crippen LogP contribution in [0.25, 0.3) is 21.2 Å². The van der Waals surface area contributed by atoms with Crippen molar-refractivity contribution in [2.45, 2.75) is 88.6 Å². The van der Waals surface area contributed by atoms with E-state index in [2.05, 4.69) is 10.0 Å². The molecule has 0 spiro atoms. The zero-order chi connectivity index (χ0) is 29.5. The van der Waals surface area contributed by atoms with E-state index in [1.54, 1.807) is 6.07 Å². The summed E-state index contributed by atoms with van der Waals surface area (Å²) in [6, 6.07) is 10.7. The molecule has 0 aliphatic heterocycles. The minimum absolute atomic E-state index is 0.187. The number of amides is 1. The maximum atomic E-state index is 13.4. The van der Waals surface area contributed by atoms with Gasteiger partial charge in [-0.1, -0.05) is 74.0 Å². The first-order valence-electron chi connectivity index (χ1n) is 14.2. The molecule has 0 unspecified atom stereocenters. The van der Waals surface area contributed by atoms with Gasteiger partial charge in [0, 0.05) is 21.8 Å². The van der Waals surface area contributed by atoms with Crippen LogP contribution >= 0.6 is 22.9 Å². The summed E-state index contributed by atoms with van der Waals surface area (Å²) in [5.74, 6) is -1.08. The van der Waals surface area contributed by atoms with Crippen LogP contribution in [-0.4, -0.2) is 37.0 Å². The lowest BCUT2D eigenvalue weighted by molar-refractivity contribution is -0.145. The third-order valence-corrected chi connectivity index (χ3v) is 11.7. The molecule has 2 aromatic carbocycles. The molecule has 2 saturated carbocycles. The number of carbonyl (C=O) groups is 2. The van der Waals surface area contributed by atoms with E-state index in [9.17, 15) is 23.1 Å². The van der Waals surface area contributed by atoms with E-state index in [0.29, 0.717) is 34.0 Å². The van der Waals surface area contributed by atoms with Crippen molar-refractivity contribution in [2.75, 3.05) is 0 Å². The zero-order valence-electron chi connectivity index (χ0n) is 23.6. The van der Waals surface area contributed by atoms with Crippen molar-refractivity contribution in [3.05, 3.63) is 51.9 Å². The number of fused-ring (bicyclic) bond motifs is 1. The van der Waals surface area contributed by atoms with Crippen molar-refractivity contribution in [1.82, 2.24) is 10.0 Å². The Hall–Kier alpha value is -2.46. The molecule has 2 aliphatic carbocycles. The smallest absolute Gasteiger partial charge is 0.306 e. The number of nitrogens with one attached hydrogen (secondary N) is 2. The van der Waals surface area contributed by atoms with Gasteiger partial charge in [-0.2, -0.15) is 0 Å². The molecule has 0 atom stereocenters. The number of carboxylic acid groups (broad SMARTS) is 1. The van der Waals surface area contributed by atoms with Crippen LogP contribution in [0, 0.1) is 11.8 Å². The summed E-state index contributed by atoms with van der Waals surface area (Å²) in [5.41, 5.74) is 1.14. The monoisotopic (exact) mass is 616 g/mol.